The molecule has 0 unspecified atom stereocenters. The second-order valence-electron chi connectivity index (χ2n) is 3.78. The average Bonchev–Trinajstić information content (AvgIpc) is 2.66. The first-order chi connectivity index (χ1) is 7.50. The fourth-order valence-corrected chi connectivity index (χ4v) is 4.80. The van der Waals surface area contributed by atoms with Crippen molar-refractivity contribution in [2.45, 2.75) is 28.8 Å². The molecule has 0 bridgehead atoms. The summed E-state index contributed by atoms with van der Waals surface area (Å²) in [6.07, 6.45) is 3.20. The molecule has 2 heterocycles. The minimum atomic E-state index is -3.30. The maximum atomic E-state index is 12.2. The van der Waals surface area contributed by atoms with Crippen LogP contribution in [0.5, 0.6) is 0 Å². The van der Waals surface area contributed by atoms with E-state index in [1.807, 2.05) is 6.92 Å². The van der Waals surface area contributed by atoms with Gasteiger partial charge in [-0.05, 0) is 19.8 Å². The molecule has 1 aliphatic heterocycles. The van der Waals surface area contributed by atoms with E-state index in [9.17, 15) is 8.42 Å². The molecule has 1 aromatic heterocycles. The number of alkyl halides is 1. The van der Waals surface area contributed by atoms with Crippen molar-refractivity contribution >= 4 is 37.3 Å². The number of hydrogen-bond acceptors (Lipinski definition) is 4. The summed E-state index contributed by atoms with van der Waals surface area (Å²) < 4.78 is 26.3. The Hall–Kier alpha value is 0.0200. The Morgan fingerprint density at radius 1 is 1.50 bits per heavy atom. The van der Waals surface area contributed by atoms with Crippen molar-refractivity contribution in [3.63, 3.8) is 0 Å². The zero-order valence-electron chi connectivity index (χ0n) is 8.89. The Balaban J connectivity index is 2.20. The number of nitrogens with zero attached hydrogens (tertiary/aromatic N) is 2. The zero-order chi connectivity index (χ0) is 11.8. The Morgan fingerprint density at radius 2 is 2.12 bits per heavy atom. The highest BCUT2D eigenvalue weighted by Gasteiger charge is 2.29. The van der Waals surface area contributed by atoms with Crippen LogP contribution >= 0.6 is 27.3 Å². The van der Waals surface area contributed by atoms with Crippen LogP contribution < -0.4 is 0 Å². The van der Waals surface area contributed by atoms with Gasteiger partial charge in [0.15, 0.2) is 4.21 Å². The lowest BCUT2D eigenvalue weighted by molar-refractivity contribution is 0.355. The number of thiazole rings is 1. The Kier molecular flexibility index (Phi) is 3.68. The van der Waals surface area contributed by atoms with Gasteiger partial charge in [0.05, 0.1) is 11.2 Å². The van der Waals surface area contributed by atoms with E-state index < -0.39 is 10.0 Å². The van der Waals surface area contributed by atoms with Crippen molar-refractivity contribution in [3.8, 4) is 0 Å². The van der Waals surface area contributed by atoms with Crippen molar-refractivity contribution in [2.75, 3.05) is 13.1 Å². The topological polar surface area (TPSA) is 50.3 Å². The largest absolute Gasteiger partial charge is 0.254 e. The number of rotatable bonds is 2. The smallest absolute Gasteiger partial charge is 0.249 e. The van der Waals surface area contributed by atoms with Gasteiger partial charge >= 0.3 is 0 Å². The lowest BCUT2D eigenvalue weighted by Gasteiger charge is -2.27. The van der Waals surface area contributed by atoms with Gasteiger partial charge in [-0.1, -0.05) is 15.9 Å². The molecule has 0 atom stereocenters. The highest BCUT2D eigenvalue weighted by atomic mass is 79.9. The molecule has 1 aromatic rings. The molecule has 1 aliphatic rings. The molecule has 7 heteroatoms. The van der Waals surface area contributed by atoms with Gasteiger partial charge in [0.25, 0.3) is 10.0 Å². The van der Waals surface area contributed by atoms with Crippen LogP contribution in [0, 0.1) is 6.92 Å². The van der Waals surface area contributed by atoms with Crippen LogP contribution in [0.1, 0.15) is 17.8 Å². The van der Waals surface area contributed by atoms with Crippen LogP contribution in [0.3, 0.4) is 0 Å². The molecule has 0 saturated carbocycles. The van der Waals surface area contributed by atoms with Crippen LogP contribution in [0.25, 0.3) is 0 Å². The second-order valence-corrected chi connectivity index (χ2v) is 8.47. The highest BCUT2D eigenvalue weighted by molar-refractivity contribution is 9.09. The summed E-state index contributed by atoms with van der Waals surface area (Å²) in [6.45, 7) is 3.00. The molecular formula is C9H13BrN2O2S2. The molecule has 90 valence electrons. The Bertz CT molecular complexity index is 464. The van der Waals surface area contributed by atoms with Gasteiger partial charge in [-0.25, -0.2) is 13.4 Å². The number of aryl methyl sites for hydroxylation is 1. The van der Waals surface area contributed by atoms with E-state index in [2.05, 4.69) is 20.9 Å². The SMILES string of the molecule is Cc1ncc(S(=O)(=O)N2CCC(Br)CC2)s1. The van der Waals surface area contributed by atoms with Crippen molar-refractivity contribution in [1.82, 2.24) is 9.29 Å². The quantitative estimate of drug-likeness (QED) is 0.782. The second kappa shape index (κ2) is 4.72. The number of sulfonamides is 1. The summed E-state index contributed by atoms with van der Waals surface area (Å²) in [5.74, 6) is 0. The molecule has 2 rings (SSSR count). The van der Waals surface area contributed by atoms with Crippen LogP contribution in [-0.2, 0) is 10.0 Å². The Labute approximate surface area is 108 Å². The normalized spacial score (nSPS) is 20.1. The zero-order valence-corrected chi connectivity index (χ0v) is 12.1. The van der Waals surface area contributed by atoms with E-state index in [0.29, 0.717) is 22.1 Å². The van der Waals surface area contributed by atoms with Gasteiger partial charge in [-0.3, -0.25) is 0 Å². The highest BCUT2D eigenvalue weighted by Crippen LogP contribution is 2.26. The summed E-state index contributed by atoms with van der Waals surface area (Å²) in [6, 6.07) is 0. The average molecular weight is 325 g/mol. The third kappa shape index (κ3) is 2.47. The number of piperidine rings is 1. The number of halogens is 1. The van der Waals surface area contributed by atoms with Gasteiger partial charge in [0.2, 0.25) is 0 Å². The maximum Gasteiger partial charge on any atom is 0.254 e. The minimum absolute atomic E-state index is 0.359. The fourth-order valence-electron chi connectivity index (χ4n) is 1.65. The summed E-state index contributed by atoms with van der Waals surface area (Å²) in [5.41, 5.74) is 0. The summed E-state index contributed by atoms with van der Waals surface area (Å²) in [7, 11) is -3.30. The van der Waals surface area contributed by atoms with Crippen molar-refractivity contribution in [2.24, 2.45) is 0 Å². The molecular weight excluding hydrogens is 312 g/mol. The maximum absolute atomic E-state index is 12.2. The van der Waals surface area contributed by atoms with Crippen molar-refractivity contribution in [1.29, 1.82) is 0 Å². The molecule has 0 N–H and O–H groups in total. The van der Waals surface area contributed by atoms with Gasteiger partial charge in [0.1, 0.15) is 0 Å². The van der Waals surface area contributed by atoms with Crippen molar-refractivity contribution < 1.29 is 8.42 Å². The first-order valence-electron chi connectivity index (χ1n) is 5.07. The van der Waals surface area contributed by atoms with Gasteiger partial charge in [0, 0.05) is 17.9 Å². The summed E-state index contributed by atoms with van der Waals surface area (Å²) >= 11 is 4.75. The predicted octanol–water partition coefficient (Wildman–Crippen LogP) is 2.00. The first kappa shape index (κ1) is 12.5. The van der Waals surface area contributed by atoms with E-state index in [4.69, 9.17) is 0 Å². The third-order valence-corrected chi connectivity index (χ3v) is 6.74. The summed E-state index contributed by atoms with van der Waals surface area (Å²) in [4.78, 5) is 4.44. The lowest BCUT2D eigenvalue weighted by Crippen LogP contribution is -2.38. The molecule has 0 aromatic carbocycles. The van der Waals surface area contributed by atoms with Crippen LogP contribution in [0.4, 0.5) is 0 Å². The van der Waals surface area contributed by atoms with Crippen LogP contribution in [0.15, 0.2) is 10.4 Å². The first-order valence-corrected chi connectivity index (χ1v) is 8.24. The predicted molar refractivity (Wildman–Crippen MR) is 67.6 cm³/mol. The van der Waals surface area contributed by atoms with Crippen molar-refractivity contribution in [3.05, 3.63) is 11.2 Å². The van der Waals surface area contributed by atoms with Crippen LogP contribution in [0.2, 0.25) is 0 Å². The molecule has 4 nitrogen and oxygen atoms in total. The standard InChI is InChI=1S/C9H13BrN2O2S2/c1-7-11-6-9(15-7)16(13,14)12-4-2-8(10)3-5-12/h6,8H,2-5H2,1H3. The minimum Gasteiger partial charge on any atom is -0.249 e. The molecule has 0 aliphatic carbocycles. The lowest BCUT2D eigenvalue weighted by atomic mass is 10.2. The monoisotopic (exact) mass is 324 g/mol. The van der Waals surface area contributed by atoms with Gasteiger partial charge in [-0.2, -0.15) is 4.31 Å². The molecule has 0 spiro atoms. The molecule has 0 amide bonds. The van der Waals surface area contributed by atoms with E-state index >= 15 is 0 Å². The van der Waals surface area contributed by atoms with E-state index in [1.54, 1.807) is 4.31 Å². The molecule has 16 heavy (non-hydrogen) atoms. The van der Waals surface area contributed by atoms with E-state index in [1.165, 1.54) is 17.5 Å². The van der Waals surface area contributed by atoms with Crippen LogP contribution in [-0.4, -0.2) is 35.6 Å². The fraction of sp³-hybridized carbons (Fsp3) is 0.667. The van der Waals surface area contributed by atoms with Gasteiger partial charge in [-0.15, -0.1) is 11.3 Å². The summed E-state index contributed by atoms with van der Waals surface area (Å²) in [5, 5.41) is 0.786. The molecule has 0 radical (unpaired) electrons. The van der Waals surface area contributed by atoms with E-state index in [0.717, 1.165) is 17.8 Å². The molecule has 1 fully saturated rings. The Morgan fingerprint density at radius 3 is 2.62 bits per heavy atom. The molecule has 1 saturated heterocycles. The number of aromatic nitrogens is 1. The number of hydrogen-bond donors (Lipinski definition) is 0. The third-order valence-electron chi connectivity index (χ3n) is 2.58. The van der Waals surface area contributed by atoms with Gasteiger partial charge < -0.3 is 0 Å². The van der Waals surface area contributed by atoms with E-state index in [-0.39, 0.29) is 0 Å².